The molecular weight excluding hydrogens is 392 g/mol. The number of aromatic nitrogens is 2. The number of nitrogens with zero attached hydrogens (tertiary/aromatic N) is 2. The van der Waals surface area contributed by atoms with Gasteiger partial charge in [0, 0.05) is 12.5 Å². The van der Waals surface area contributed by atoms with Crippen molar-refractivity contribution in [3.63, 3.8) is 0 Å². The van der Waals surface area contributed by atoms with Gasteiger partial charge in [-0.3, -0.25) is 9.69 Å². The second-order valence-corrected chi connectivity index (χ2v) is 8.03. The Labute approximate surface area is 181 Å². The molecule has 0 saturated carbocycles. The number of likely N-dealkylation sites (tertiary alicyclic amines) is 1. The summed E-state index contributed by atoms with van der Waals surface area (Å²) in [7, 11) is 1.36. The monoisotopic (exact) mass is 420 g/mol. The normalized spacial score (nSPS) is 16.2. The largest absolute Gasteiger partial charge is 0.465 e. The van der Waals surface area contributed by atoms with Crippen molar-refractivity contribution in [1.29, 1.82) is 0 Å². The average molecular weight is 421 g/mol. The van der Waals surface area contributed by atoms with E-state index in [1.165, 1.54) is 7.11 Å². The fourth-order valence-corrected chi connectivity index (χ4v) is 4.11. The van der Waals surface area contributed by atoms with Gasteiger partial charge in [-0.25, -0.2) is 9.78 Å². The van der Waals surface area contributed by atoms with Crippen LogP contribution in [0, 0.1) is 0 Å². The summed E-state index contributed by atoms with van der Waals surface area (Å²) in [6.07, 6.45) is 1.96. The molecule has 1 saturated heterocycles. The molecule has 0 radical (unpaired) electrons. The van der Waals surface area contributed by atoms with Gasteiger partial charge in [0.2, 0.25) is 5.91 Å². The Hall–Kier alpha value is -3.19. The number of hydrogen-bond acceptors (Lipinski definition) is 5. The summed E-state index contributed by atoms with van der Waals surface area (Å²) in [5, 5.41) is 3.00. The summed E-state index contributed by atoms with van der Waals surface area (Å²) in [6, 6.07) is 15.0. The summed E-state index contributed by atoms with van der Waals surface area (Å²) < 4.78 is 4.70. The number of para-hydroxylation sites is 2. The van der Waals surface area contributed by atoms with Crippen LogP contribution in [-0.2, 0) is 16.1 Å². The zero-order valence-electron chi connectivity index (χ0n) is 17.9. The fourth-order valence-electron chi connectivity index (χ4n) is 4.11. The number of ether oxygens (including phenoxy) is 1. The molecule has 2 heterocycles. The maximum atomic E-state index is 12.7. The average Bonchev–Trinajstić information content (AvgIpc) is 3.26. The van der Waals surface area contributed by atoms with Crippen molar-refractivity contribution in [3.8, 4) is 0 Å². The number of methoxy groups -OCH3 is 1. The van der Waals surface area contributed by atoms with Gasteiger partial charge in [0.25, 0.3) is 0 Å². The van der Waals surface area contributed by atoms with Crippen LogP contribution in [0.1, 0.15) is 47.4 Å². The first-order valence-corrected chi connectivity index (χ1v) is 10.7. The number of benzene rings is 2. The minimum absolute atomic E-state index is 0.0132. The molecule has 3 aromatic rings. The van der Waals surface area contributed by atoms with Gasteiger partial charge in [0.05, 0.1) is 29.7 Å². The molecule has 1 aliphatic rings. The van der Waals surface area contributed by atoms with Gasteiger partial charge in [-0.05, 0) is 62.7 Å². The number of carbonyl (C=O) groups is 2. The van der Waals surface area contributed by atoms with Crippen molar-refractivity contribution in [3.05, 3.63) is 65.5 Å². The van der Waals surface area contributed by atoms with Crippen molar-refractivity contribution in [2.24, 2.45) is 0 Å². The third-order valence-electron chi connectivity index (χ3n) is 6.09. The smallest absolute Gasteiger partial charge is 0.337 e. The van der Waals surface area contributed by atoms with Crippen LogP contribution in [0.15, 0.2) is 48.5 Å². The van der Waals surface area contributed by atoms with Gasteiger partial charge < -0.3 is 15.0 Å². The molecule has 1 fully saturated rings. The van der Waals surface area contributed by atoms with Gasteiger partial charge in [-0.15, -0.1) is 0 Å². The highest BCUT2D eigenvalue weighted by molar-refractivity contribution is 5.89. The minimum Gasteiger partial charge on any atom is -0.465 e. The van der Waals surface area contributed by atoms with Crippen LogP contribution >= 0.6 is 0 Å². The van der Waals surface area contributed by atoms with Crippen molar-refractivity contribution < 1.29 is 14.3 Å². The van der Waals surface area contributed by atoms with E-state index in [1.54, 1.807) is 12.1 Å². The van der Waals surface area contributed by atoms with Crippen LogP contribution in [-0.4, -0.2) is 53.0 Å². The van der Waals surface area contributed by atoms with Crippen LogP contribution in [0.4, 0.5) is 0 Å². The van der Waals surface area contributed by atoms with Crippen LogP contribution in [0.2, 0.25) is 0 Å². The number of fused-ring (bicyclic) bond motifs is 1. The number of aromatic amines is 1. The van der Waals surface area contributed by atoms with Crippen LogP contribution in [0.25, 0.3) is 11.0 Å². The molecule has 0 aliphatic carbocycles. The molecular formula is C24H28N4O3. The lowest BCUT2D eigenvalue weighted by Crippen LogP contribution is -2.47. The van der Waals surface area contributed by atoms with E-state index in [2.05, 4.69) is 21.3 Å². The number of carbonyl (C=O) groups excluding carboxylic acids is 2. The maximum Gasteiger partial charge on any atom is 0.337 e. The zero-order chi connectivity index (χ0) is 21.8. The van der Waals surface area contributed by atoms with Crippen LogP contribution in [0.3, 0.4) is 0 Å². The Morgan fingerprint density at radius 3 is 2.55 bits per heavy atom. The standard InChI is InChI=1S/C24H28N4O3/c1-16(23(29)25-15-17-7-9-19(10-8-17)24(30)31-2)28-13-11-18(12-14-28)22-26-20-5-3-4-6-21(20)27-22/h3-10,16,18H,11-15H2,1-2H3,(H,25,29)(H,26,27). The first-order chi connectivity index (χ1) is 15.0. The number of hydrogen-bond donors (Lipinski definition) is 2. The number of piperidine rings is 1. The van der Waals surface area contributed by atoms with Crippen molar-refractivity contribution in [2.45, 2.75) is 38.3 Å². The predicted octanol–water partition coefficient (Wildman–Crippen LogP) is 3.23. The Morgan fingerprint density at radius 2 is 1.87 bits per heavy atom. The molecule has 1 atom stereocenters. The van der Waals surface area contributed by atoms with E-state index in [-0.39, 0.29) is 17.9 Å². The Bertz CT molecular complexity index is 1020. The molecule has 1 aromatic heterocycles. The molecule has 0 bridgehead atoms. The SMILES string of the molecule is COC(=O)c1ccc(CNC(=O)C(C)N2CCC(c3nc4ccccc4[nH]3)CC2)cc1. The second kappa shape index (κ2) is 9.31. The summed E-state index contributed by atoms with van der Waals surface area (Å²) in [6.45, 7) is 4.12. The van der Waals surface area contributed by atoms with Crippen molar-refractivity contribution in [1.82, 2.24) is 20.2 Å². The molecule has 2 aromatic carbocycles. The minimum atomic E-state index is -0.366. The van der Waals surface area contributed by atoms with Gasteiger partial charge in [0.15, 0.2) is 0 Å². The van der Waals surface area contributed by atoms with E-state index in [4.69, 9.17) is 9.72 Å². The van der Waals surface area contributed by atoms with Gasteiger partial charge in [-0.1, -0.05) is 24.3 Å². The molecule has 7 heteroatoms. The number of nitrogens with one attached hydrogen (secondary N) is 2. The first kappa shape index (κ1) is 21.1. The Balaban J connectivity index is 1.27. The van der Waals surface area contributed by atoms with E-state index in [0.717, 1.165) is 48.4 Å². The Morgan fingerprint density at radius 1 is 1.16 bits per heavy atom. The lowest BCUT2D eigenvalue weighted by molar-refractivity contribution is -0.126. The maximum absolute atomic E-state index is 12.7. The number of imidazole rings is 1. The van der Waals surface area contributed by atoms with E-state index >= 15 is 0 Å². The molecule has 1 amide bonds. The zero-order valence-corrected chi connectivity index (χ0v) is 17.9. The summed E-state index contributed by atoms with van der Waals surface area (Å²) in [4.78, 5) is 34.6. The van der Waals surface area contributed by atoms with E-state index in [9.17, 15) is 9.59 Å². The molecule has 162 valence electrons. The molecule has 7 nitrogen and oxygen atoms in total. The van der Waals surface area contributed by atoms with Gasteiger partial charge >= 0.3 is 5.97 Å². The van der Waals surface area contributed by atoms with E-state index in [0.29, 0.717) is 18.0 Å². The summed E-state index contributed by atoms with van der Waals surface area (Å²) in [5.41, 5.74) is 3.52. The number of rotatable bonds is 6. The molecule has 4 rings (SSSR count). The summed E-state index contributed by atoms with van der Waals surface area (Å²) in [5.74, 6) is 1.09. The second-order valence-electron chi connectivity index (χ2n) is 8.03. The topological polar surface area (TPSA) is 87.3 Å². The van der Waals surface area contributed by atoms with Gasteiger partial charge in [-0.2, -0.15) is 0 Å². The highest BCUT2D eigenvalue weighted by Crippen LogP contribution is 2.28. The van der Waals surface area contributed by atoms with E-state index in [1.807, 2.05) is 37.3 Å². The first-order valence-electron chi connectivity index (χ1n) is 10.7. The van der Waals surface area contributed by atoms with Crippen molar-refractivity contribution in [2.75, 3.05) is 20.2 Å². The highest BCUT2D eigenvalue weighted by Gasteiger charge is 2.28. The Kier molecular flexibility index (Phi) is 6.32. The third kappa shape index (κ3) is 4.77. The number of H-pyrrole nitrogens is 1. The van der Waals surface area contributed by atoms with Crippen LogP contribution in [0.5, 0.6) is 0 Å². The lowest BCUT2D eigenvalue weighted by Gasteiger charge is -2.34. The molecule has 1 unspecified atom stereocenters. The highest BCUT2D eigenvalue weighted by atomic mass is 16.5. The lowest BCUT2D eigenvalue weighted by atomic mass is 9.95. The molecule has 1 aliphatic heterocycles. The number of amides is 1. The molecule has 2 N–H and O–H groups in total. The summed E-state index contributed by atoms with van der Waals surface area (Å²) >= 11 is 0. The molecule has 0 spiro atoms. The van der Waals surface area contributed by atoms with Crippen LogP contribution < -0.4 is 5.32 Å². The predicted molar refractivity (Wildman–Crippen MR) is 119 cm³/mol. The van der Waals surface area contributed by atoms with E-state index < -0.39 is 0 Å². The number of esters is 1. The molecule has 31 heavy (non-hydrogen) atoms. The van der Waals surface area contributed by atoms with Gasteiger partial charge in [0.1, 0.15) is 5.82 Å². The quantitative estimate of drug-likeness (QED) is 0.598. The fraction of sp³-hybridized carbons (Fsp3) is 0.375. The third-order valence-corrected chi connectivity index (χ3v) is 6.09. The van der Waals surface area contributed by atoms with Crippen molar-refractivity contribution >= 4 is 22.9 Å².